The number of alkyl carbamates (subject to hydrolysis) is 1. The second kappa shape index (κ2) is 7.45. The van der Waals surface area contributed by atoms with E-state index in [1.807, 2.05) is 0 Å². The molecule has 4 N–H and O–H groups in total. The molecule has 0 bridgehead atoms. The maximum Gasteiger partial charge on any atom is 0.407 e. The third-order valence-corrected chi connectivity index (χ3v) is 1.75. The molecule has 0 aliphatic carbocycles. The molecule has 0 fully saturated rings. The van der Waals surface area contributed by atoms with Crippen LogP contribution in [0.15, 0.2) is 0 Å². The summed E-state index contributed by atoms with van der Waals surface area (Å²) in [5.41, 5.74) is 4.20. The van der Waals surface area contributed by atoms with Crippen molar-refractivity contribution in [3.8, 4) is 0 Å². The number of nitrogens with two attached hydrogens (primary N) is 1. The maximum atomic E-state index is 11.4. The second-order valence-corrected chi connectivity index (χ2v) is 4.80. The molecule has 0 heterocycles. The molecule has 0 saturated carbocycles. The highest BCUT2D eigenvalue weighted by atomic mass is 16.6. The Morgan fingerprint density at radius 2 is 1.68 bits per heavy atom. The molecule has 0 aromatic rings. The van der Waals surface area contributed by atoms with Crippen molar-refractivity contribution in [3.63, 3.8) is 0 Å². The van der Waals surface area contributed by atoms with Crippen LogP contribution in [0.2, 0.25) is 0 Å². The number of ether oxygens (including phenoxy) is 2. The summed E-state index contributed by atoms with van der Waals surface area (Å²) in [5.74, 6) is -0.496. The molecule has 8 nitrogen and oxygen atoms in total. The first-order chi connectivity index (χ1) is 8.61. The van der Waals surface area contributed by atoms with E-state index in [0.29, 0.717) is 0 Å². The van der Waals surface area contributed by atoms with Gasteiger partial charge in [0.2, 0.25) is 0 Å². The van der Waals surface area contributed by atoms with Crippen molar-refractivity contribution in [2.45, 2.75) is 39.4 Å². The number of hydrogen-bond acceptors (Lipinski definition) is 5. The van der Waals surface area contributed by atoms with Gasteiger partial charge in [-0.05, 0) is 27.7 Å². The Balaban J connectivity index is 3.77. The highest BCUT2D eigenvalue weighted by molar-refractivity contribution is 5.82. The summed E-state index contributed by atoms with van der Waals surface area (Å²) >= 11 is 0. The van der Waals surface area contributed by atoms with E-state index in [1.165, 1.54) is 6.92 Å². The van der Waals surface area contributed by atoms with Crippen molar-refractivity contribution in [1.82, 2.24) is 10.6 Å². The van der Waals surface area contributed by atoms with Crippen LogP contribution in [0.4, 0.5) is 9.59 Å². The van der Waals surface area contributed by atoms with Crippen molar-refractivity contribution >= 4 is 18.1 Å². The maximum absolute atomic E-state index is 11.4. The molecule has 0 saturated heterocycles. The zero-order valence-corrected chi connectivity index (χ0v) is 11.6. The van der Waals surface area contributed by atoms with Gasteiger partial charge in [0.1, 0.15) is 5.60 Å². The van der Waals surface area contributed by atoms with Crippen molar-refractivity contribution < 1.29 is 23.9 Å². The number of rotatable bonds is 5. The Kier molecular flexibility index (Phi) is 6.67. The zero-order chi connectivity index (χ0) is 15.1. The number of carbonyl (C=O) groups is 3. The number of nitrogens with one attached hydrogen (secondary N) is 2. The molecule has 0 rings (SSSR count). The summed E-state index contributed by atoms with van der Waals surface area (Å²) in [6, 6.07) is 0. The third kappa shape index (κ3) is 9.69. The monoisotopic (exact) mass is 275 g/mol. The van der Waals surface area contributed by atoms with E-state index in [0.717, 1.165) is 0 Å². The molecule has 8 heteroatoms. The molecule has 19 heavy (non-hydrogen) atoms. The summed E-state index contributed by atoms with van der Waals surface area (Å²) in [6.45, 7) is 7.02. The van der Waals surface area contributed by atoms with E-state index in [2.05, 4.69) is 15.4 Å². The Bertz CT molecular complexity index is 338. The Morgan fingerprint density at radius 1 is 1.16 bits per heavy atom. The SMILES string of the molecule is C[C@H](OC(N)=O)C(=O)NCCNC(=O)OC(C)(C)C. The second-order valence-electron chi connectivity index (χ2n) is 4.80. The van der Waals surface area contributed by atoms with Crippen LogP contribution >= 0.6 is 0 Å². The molecule has 0 aromatic heterocycles. The van der Waals surface area contributed by atoms with Gasteiger partial charge in [0.15, 0.2) is 6.10 Å². The average Bonchev–Trinajstić information content (AvgIpc) is 2.20. The van der Waals surface area contributed by atoms with Crippen LogP contribution < -0.4 is 16.4 Å². The summed E-state index contributed by atoms with van der Waals surface area (Å²) in [4.78, 5) is 33.0. The summed E-state index contributed by atoms with van der Waals surface area (Å²) in [5, 5.41) is 4.93. The lowest BCUT2D eigenvalue weighted by Gasteiger charge is -2.19. The lowest BCUT2D eigenvalue weighted by molar-refractivity contribution is -0.128. The molecule has 110 valence electrons. The zero-order valence-electron chi connectivity index (χ0n) is 11.6. The van der Waals surface area contributed by atoms with E-state index in [4.69, 9.17) is 10.5 Å². The molecule has 1 atom stereocenters. The van der Waals surface area contributed by atoms with Gasteiger partial charge in [0, 0.05) is 13.1 Å². The molecule has 0 unspecified atom stereocenters. The van der Waals surface area contributed by atoms with E-state index in [-0.39, 0.29) is 13.1 Å². The van der Waals surface area contributed by atoms with Crippen molar-refractivity contribution in [2.24, 2.45) is 5.73 Å². The van der Waals surface area contributed by atoms with Gasteiger partial charge in [-0.25, -0.2) is 9.59 Å². The first-order valence-corrected chi connectivity index (χ1v) is 5.82. The first-order valence-electron chi connectivity index (χ1n) is 5.82. The van der Waals surface area contributed by atoms with E-state index in [1.54, 1.807) is 20.8 Å². The minimum Gasteiger partial charge on any atom is -0.444 e. The Hall–Kier alpha value is -1.99. The summed E-state index contributed by atoms with van der Waals surface area (Å²) in [7, 11) is 0. The van der Waals surface area contributed by atoms with Gasteiger partial charge < -0.3 is 25.8 Å². The van der Waals surface area contributed by atoms with Gasteiger partial charge in [-0.2, -0.15) is 0 Å². The molecule has 0 radical (unpaired) electrons. The van der Waals surface area contributed by atoms with Gasteiger partial charge in [0.25, 0.3) is 5.91 Å². The molecule has 0 aliphatic rings. The van der Waals surface area contributed by atoms with E-state index in [9.17, 15) is 14.4 Å². The van der Waals surface area contributed by atoms with Crippen molar-refractivity contribution in [3.05, 3.63) is 0 Å². The topological polar surface area (TPSA) is 120 Å². The first kappa shape index (κ1) is 17.0. The Morgan fingerprint density at radius 3 is 2.16 bits per heavy atom. The van der Waals surface area contributed by atoms with Crippen LogP contribution in [0.5, 0.6) is 0 Å². The van der Waals surface area contributed by atoms with Crippen molar-refractivity contribution in [2.75, 3.05) is 13.1 Å². The lowest BCUT2D eigenvalue weighted by atomic mass is 10.2. The van der Waals surface area contributed by atoms with Gasteiger partial charge in [-0.15, -0.1) is 0 Å². The van der Waals surface area contributed by atoms with Gasteiger partial charge >= 0.3 is 12.2 Å². The van der Waals surface area contributed by atoms with Crippen LogP contribution in [0.1, 0.15) is 27.7 Å². The van der Waals surface area contributed by atoms with Crippen LogP contribution in [-0.4, -0.2) is 42.9 Å². The standard InChI is InChI=1S/C11H21N3O5/c1-7(18-9(12)16)8(15)13-5-6-14-10(17)19-11(2,3)4/h7H,5-6H2,1-4H3,(H2,12,16)(H,13,15)(H,14,17)/t7-/m0/s1. The average molecular weight is 275 g/mol. The Labute approximate surface area is 112 Å². The third-order valence-electron chi connectivity index (χ3n) is 1.75. The van der Waals surface area contributed by atoms with Gasteiger partial charge in [0.05, 0.1) is 0 Å². The quantitative estimate of drug-likeness (QED) is 0.615. The number of carbonyl (C=O) groups excluding carboxylic acids is 3. The summed E-state index contributed by atoms with van der Waals surface area (Å²) < 4.78 is 9.47. The van der Waals surface area contributed by atoms with Crippen LogP contribution in [0, 0.1) is 0 Å². The molecular weight excluding hydrogens is 254 g/mol. The van der Waals surface area contributed by atoms with Crippen LogP contribution in [0.3, 0.4) is 0 Å². The highest BCUT2D eigenvalue weighted by Gasteiger charge is 2.17. The van der Waals surface area contributed by atoms with Crippen LogP contribution in [-0.2, 0) is 14.3 Å². The van der Waals surface area contributed by atoms with E-state index < -0.39 is 29.8 Å². The molecule has 0 aliphatic heterocycles. The molecule has 0 spiro atoms. The number of primary amides is 1. The summed E-state index contributed by atoms with van der Waals surface area (Å²) in [6.07, 6.45) is -2.56. The van der Waals surface area contributed by atoms with Crippen molar-refractivity contribution in [1.29, 1.82) is 0 Å². The number of amides is 3. The fourth-order valence-electron chi connectivity index (χ4n) is 1.04. The molecular formula is C11H21N3O5. The minimum absolute atomic E-state index is 0.185. The predicted molar refractivity (Wildman–Crippen MR) is 67.4 cm³/mol. The number of hydrogen-bond donors (Lipinski definition) is 3. The molecule has 3 amide bonds. The van der Waals surface area contributed by atoms with Gasteiger partial charge in [-0.1, -0.05) is 0 Å². The van der Waals surface area contributed by atoms with Gasteiger partial charge in [-0.3, -0.25) is 4.79 Å². The molecule has 0 aromatic carbocycles. The van der Waals surface area contributed by atoms with Crippen LogP contribution in [0.25, 0.3) is 0 Å². The van der Waals surface area contributed by atoms with E-state index >= 15 is 0 Å². The normalized spacial score (nSPS) is 12.2. The lowest BCUT2D eigenvalue weighted by Crippen LogP contribution is -2.41. The predicted octanol–water partition coefficient (Wildman–Crippen LogP) is 0.111. The fourth-order valence-corrected chi connectivity index (χ4v) is 1.04. The smallest absolute Gasteiger partial charge is 0.407 e. The fraction of sp³-hybridized carbons (Fsp3) is 0.727. The highest BCUT2D eigenvalue weighted by Crippen LogP contribution is 2.05. The largest absolute Gasteiger partial charge is 0.444 e. The minimum atomic E-state index is -1.02.